The summed E-state index contributed by atoms with van der Waals surface area (Å²) < 4.78 is 18.6. The van der Waals surface area contributed by atoms with Crippen molar-refractivity contribution in [2.75, 3.05) is 0 Å². The molecule has 0 aliphatic carbocycles. The number of nitrogens with one attached hydrogen (secondary N) is 1. The summed E-state index contributed by atoms with van der Waals surface area (Å²) in [6, 6.07) is 21.5. The average molecular weight is 376 g/mol. The van der Waals surface area contributed by atoms with Gasteiger partial charge in [0.1, 0.15) is 18.2 Å². The summed E-state index contributed by atoms with van der Waals surface area (Å²) in [6.07, 6.45) is 1.70. The number of carbonyl (C=O) groups excluding carboxylic acids is 1. The first kappa shape index (κ1) is 19.3. The molecule has 3 aromatic rings. The Labute approximate surface area is 163 Å². The predicted molar refractivity (Wildman–Crippen MR) is 108 cm³/mol. The van der Waals surface area contributed by atoms with Gasteiger partial charge in [0.05, 0.1) is 12.6 Å². The SMILES string of the molecule is Cc1ccc(COc2ccc(/C=N\NC(=O)Cc3ccc(F)cc3)cc2)cc1. The number of carbonyl (C=O) groups is 1. The normalized spacial score (nSPS) is 10.8. The zero-order valence-electron chi connectivity index (χ0n) is 15.6. The molecular formula is C23H21FN2O2. The third-order valence-electron chi connectivity index (χ3n) is 4.09. The van der Waals surface area contributed by atoms with E-state index < -0.39 is 0 Å². The largest absolute Gasteiger partial charge is 0.489 e. The van der Waals surface area contributed by atoms with Crippen molar-refractivity contribution in [2.45, 2.75) is 20.0 Å². The Morgan fingerprint density at radius 3 is 2.29 bits per heavy atom. The Morgan fingerprint density at radius 2 is 1.61 bits per heavy atom. The van der Waals surface area contributed by atoms with Crippen molar-refractivity contribution < 1.29 is 13.9 Å². The summed E-state index contributed by atoms with van der Waals surface area (Å²) in [5.74, 6) is 0.174. The lowest BCUT2D eigenvalue weighted by Gasteiger charge is -2.07. The minimum Gasteiger partial charge on any atom is -0.489 e. The minimum atomic E-state index is -0.325. The van der Waals surface area contributed by atoms with Crippen LogP contribution in [0.25, 0.3) is 0 Å². The Hall–Kier alpha value is -3.47. The molecule has 5 heteroatoms. The Morgan fingerprint density at radius 1 is 0.964 bits per heavy atom. The van der Waals surface area contributed by atoms with E-state index in [1.165, 1.54) is 17.7 Å². The van der Waals surface area contributed by atoms with Gasteiger partial charge in [-0.1, -0.05) is 42.0 Å². The van der Waals surface area contributed by atoms with Crippen LogP contribution < -0.4 is 10.2 Å². The second-order valence-electron chi connectivity index (χ2n) is 6.44. The molecule has 28 heavy (non-hydrogen) atoms. The molecule has 3 rings (SSSR count). The maximum Gasteiger partial charge on any atom is 0.244 e. The topological polar surface area (TPSA) is 50.7 Å². The number of aryl methyl sites for hydroxylation is 1. The number of hydrazone groups is 1. The number of hydrogen-bond acceptors (Lipinski definition) is 3. The van der Waals surface area contributed by atoms with Crippen molar-refractivity contribution >= 4 is 12.1 Å². The van der Waals surface area contributed by atoms with Gasteiger partial charge in [0.2, 0.25) is 5.91 Å². The van der Waals surface area contributed by atoms with Gasteiger partial charge in [-0.15, -0.1) is 0 Å². The van der Waals surface area contributed by atoms with Crippen molar-refractivity contribution in [3.05, 3.63) is 101 Å². The second-order valence-corrected chi connectivity index (χ2v) is 6.44. The zero-order valence-corrected chi connectivity index (χ0v) is 15.6. The average Bonchev–Trinajstić information content (AvgIpc) is 2.70. The molecule has 0 unspecified atom stereocenters. The lowest BCUT2D eigenvalue weighted by atomic mass is 10.1. The first-order chi connectivity index (χ1) is 13.6. The summed E-state index contributed by atoms with van der Waals surface area (Å²) in [5.41, 5.74) is 6.36. The van der Waals surface area contributed by atoms with Crippen LogP contribution in [0.3, 0.4) is 0 Å². The number of nitrogens with zero attached hydrogens (tertiary/aromatic N) is 1. The molecule has 0 atom stereocenters. The van der Waals surface area contributed by atoms with Crippen LogP contribution in [0.2, 0.25) is 0 Å². The first-order valence-electron chi connectivity index (χ1n) is 8.93. The smallest absolute Gasteiger partial charge is 0.244 e. The molecule has 0 bridgehead atoms. The van der Waals surface area contributed by atoms with E-state index in [4.69, 9.17) is 4.74 Å². The van der Waals surface area contributed by atoms with E-state index in [-0.39, 0.29) is 18.1 Å². The van der Waals surface area contributed by atoms with Gasteiger partial charge in [-0.25, -0.2) is 9.82 Å². The van der Waals surface area contributed by atoms with Crippen molar-refractivity contribution in [3.63, 3.8) is 0 Å². The molecular weight excluding hydrogens is 355 g/mol. The van der Waals surface area contributed by atoms with Gasteiger partial charge in [0.15, 0.2) is 0 Å². The number of rotatable bonds is 7. The minimum absolute atomic E-state index is 0.142. The van der Waals surface area contributed by atoms with Crippen LogP contribution in [0.5, 0.6) is 5.75 Å². The van der Waals surface area contributed by atoms with Crippen LogP contribution in [0.1, 0.15) is 22.3 Å². The van der Waals surface area contributed by atoms with Crippen LogP contribution in [0.4, 0.5) is 4.39 Å². The van der Waals surface area contributed by atoms with Crippen LogP contribution in [-0.4, -0.2) is 12.1 Å². The molecule has 0 spiro atoms. The fraction of sp³-hybridized carbons (Fsp3) is 0.130. The van der Waals surface area contributed by atoms with Crippen molar-refractivity contribution in [2.24, 2.45) is 5.10 Å². The van der Waals surface area contributed by atoms with Gasteiger partial charge in [0.25, 0.3) is 0 Å². The molecule has 0 saturated heterocycles. The van der Waals surface area contributed by atoms with Crippen molar-refractivity contribution in [3.8, 4) is 5.75 Å². The van der Waals surface area contributed by atoms with E-state index in [2.05, 4.69) is 29.6 Å². The highest BCUT2D eigenvalue weighted by Gasteiger charge is 2.02. The summed E-state index contributed by atoms with van der Waals surface area (Å²) in [5, 5.41) is 3.95. The third-order valence-corrected chi connectivity index (χ3v) is 4.09. The summed E-state index contributed by atoms with van der Waals surface area (Å²) in [7, 11) is 0. The van der Waals surface area contributed by atoms with E-state index >= 15 is 0 Å². The monoisotopic (exact) mass is 376 g/mol. The second kappa shape index (κ2) is 9.46. The molecule has 0 radical (unpaired) electrons. The fourth-order valence-corrected chi connectivity index (χ4v) is 2.51. The maximum absolute atomic E-state index is 12.9. The molecule has 0 heterocycles. The molecule has 142 valence electrons. The Kier molecular flexibility index (Phi) is 6.52. The lowest BCUT2D eigenvalue weighted by Crippen LogP contribution is -2.19. The van der Waals surface area contributed by atoms with Crippen LogP contribution >= 0.6 is 0 Å². The number of ether oxygens (including phenoxy) is 1. The van der Waals surface area contributed by atoms with Crippen molar-refractivity contribution in [1.29, 1.82) is 0 Å². The predicted octanol–water partition coefficient (Wildman–Crippen LogP) is 4.41. The molecule has 0 fully saturated rings. The van der Waals surface area contributed by atoms with E-state index in [0.717, 1.165) is 22.4 Å². The number of amides is 1. The molecule has 4 nitrogen and oxygen atoms in total. The highest BCUT2D eigenvalue weighted by atomic mass is 19.1. The molecule has 1 amide bonds. The van der Waals surface area contributed by atoms with Crippen LogP contribution in [0.15, 0.2) is 77.9 Å². The molecule has 1 N–H and O–H groups in total. The zero-order chi connectivity index (χ0) is 19.8. The van der Waals surface area contributed by atoms with E-state index in [9.17, 15) is 9.18 Å². The number of halogens is 1. The highest BCUT2D eigenvalue weighted by Crippen LogP contribution is 2.14. The first-order valence-corrected chi connectivity index (χ1v) is 8.93. The maximum atomic E-state index is 12.9. The highest BCUT2D eigenvalue weighted by molar-refractivity contribution is 5.83. The fourth-order valence-electron chi connectivity index (χ4n) is 2.51. The third kappa shape index (κ3) is 6.06. The van der Waals surface area contributed by atoms with Gasteiger partial charge in [-0.3, -0.25) is 4.79 Å². The molecule has 0 aliphatic rings. The van der Waals surface area contributed by atoms with Gasteiger partial charge >= 0.3 is 0 Å². The van der Waals surface area contributed by atoms with E-state index in [0.29, 0.717) is 6.61 Å². The van der Waals surface area contributed by atoms with E-state index in [1.807, 2.05) is 36.4 Å². The van der Waals surface area contributed by atoms with Crippen LogP contribution in [0, 0.1) is 12.7 Å². The summed E-state index contributed by atoms with van der Waals surface area (Å²) in [4.78, 5) is 11.8. The van der Waals surface area contributed by atoms with E-state index in [1.54, 1.807) is 18.3 Å². The molecule has 0 saturated carbocycles. The summed E-state index contributed by atoms with van der Waals surface area (Å²) >= 11 is 0. The summed E-state index contributed by atoms with van der Waals surface area (Å²) in [6.45, 7) is 2.56. The van der Waals surface area contributed by atoms with Gasteiger partial charge in [0, 0.05) is 0 Å². The Bertz CT molecular complexity index is 934. The standard InChI is InChI=1S/C23H21FN2O2/c1-17-2-4-20(5-3-17)16-28-22-12-8-19(9-13-22)15-25-26-23(27)14-18-6-10-21(24)11-7-18/h2-13,15H,14,16H2,1H3,(H,26,27)/b25-15-. The number of benzene rings is 3. The van der Waals surface area contributed by atoms with Crippen LogP contribution in [-0.2, 0) is 17.8 Å². The lowest BCUT2D eigenvalue weighted by molar-refractivity contribution is -0.120. The quantitative estimate of drug-likeness (QED) is 0.491. The van der Waals surface area contributed by atoms with Gasteiger partial charge in [-0.2, -0.15) is 5.10 Å². The van der Waals surface area contributed by atoms with Gasteiger partial charge in [-0.05, 0) is 60.0 Å². The molecule has 0 aliphatic heterocycles. The Balaban J connectivity index is 1.45. The number of hydrogen-bond donors (Lipinski definition) is 1. The molecule has 0 aromatic heterocycles. The van der Waals surface area contributed by atoms with Crippen molar-refractivity contribution in [1.82, 2.24) is 5.43 Å². The van der Waals surface area contributed by atoms with Gasteiger partial charge < -0.3 is 4.74 Å². The molecule has 3 aromatic carbocycles.